The summed E-state index contributed by atoms with van der Waals surface area (Å²) in [5.74, 6) is 0. The number of morpholine rings is 1. The Labute approximate surface area is 67.4 Å². The largest absolute Gasteiger partial charge is 0.505 e. The zero-order valence-corrected chi connectivity index (χ0v) is 6.88. The molecule has 1 rings (SSSR count). The van der Waals surface area contributed by atoms with Gasteiger partial charge < -0.3 is 14.8 Å². The summed E-state index contributed by atoms with van der Waals surface area (Å²) in [5, 5.41) is 3.26. The lowest BCUT2D eigenvalue weighted by Gasteiger charge is -2.22. The van der Waals surface area contributed by atoms with Gasteiger partial charge >= 0.3 is 0 Å². The van der Waals surface area contributed by atoms with Gasteiger partial charge in [0.25, 0.3) is 0 Å². The molecule has 1 atom stereocenters. The number of hydrogen-bond acceptors (Lipinski definition) is 3. The molecule has 1 fully saturated rings. The average molecular weight is 157 g/mol. The van der Waals surface area contributed by atoms with Crippen molar-refractivity contribution in [2.24, 2.45) is 0 Å². The van der Waals surface area contributed by atoms with Gasteiger partial charge in [-0.15, -0.1) is 0 Å². The van der Waals surface area contributed by atoms with Crippen LogP contribution in [0.3, 0.4) is 0 Å². The van der Waals surface area contributed by atoms with E-state index in [0.717, 1.165) is 26.1 Å². The van der Waals surface area contributed by atoms with Crippen LogP contribution in [0.1, 0.15) is 6.42 Å². The predicted octanol–water partition coefficient (Wildman–Crippen LogP) is 0.525. The van der Waals surface area contributed by atoms with Gasteiger partial charge in [-0.05, 0) is 12.5 Å². The van der Waals surface area contributed by atoms with Gasteiger partial charge in [-0.3, -0.25) is 0 Å². The van der Waals surface area contributed by atoms with Crippen LogP contribution in [0.5, 0.6) is 0 Å². The van der Waals surface area contributed by atoms with E-state index in [1.165, 1.54) is 0 Å². The van der Waals surface area contributed by atoms with Gasteiger partial charge in [0, 0.05) is 13.1 Å². The van der Waals surface area contributed by atoms with E-state index in [0.29, 0.717) is 6.10 Å². The van der Waals surface area contributed by atoms with Crippen LogP contribution in [0.25, 0.3) is 0 Å². The summed E-state index contributed by atoms with van der Waals surface area (Å²) in [6.45, 7) is 2.75. The van der Waals surface area contributed by atoms with Gasteiger partial charge in [-0.2, -0.15) is 0 Å². The summed E-state index contributed by atoms with van der Waals surface area (Å²) < 4.78 is 10.2. The molecule has 0 aromatic rings. The summed E-state index contributed by atoms with van der Waals surface area (Å²) >= 11 is 0. The Morgan fingerprint density at radius 1 is 1.73 bits per heavy atom. The Balaban J connectivity index is 2.09. The third kappa shape index (κ3) is 3.39. The molecule has 0 spiro atoms. The van der Waals surface area contributed by atoms with Crippen LogP contribution in [0, 0.1) is 0 Å². The molecule has 0 saturated carbocycles. The first kappa shape index (κ1) is 8.56. The molecule has 0 radical (unpaired) electrons. The highest BCUT2D eigenvalue weighted by Gasteiger charge is 2.10. The molecular weight excluding hydrogens is 142 g/mol. The number of nitrogens with one attached hydrogen (secondary N) is 1. The third-order valence-corrected chi connectivity index (χ3v) is 1.64. The van der Waals surface area contributed by atoms with E-state index in [2.05, 4.69) is 5.32 Å². The Kier molecular flexibility index (Phi) is 4.01. The van der Waals surface area contributed by atoms with Crippen LogP contribution in [-0.4, -0.2) is 32.9 Å². The number of methoxy groups -OCH3 is 1. The molecule has 0 aromatic heterocycles. The molecule has 0 aromatic carbocycles. The average Bonchev–Trinajstić information content (AvgIpc) is 2.07. The van der Waals surface area contributed by atoms with Gasteiger partial charge in [0.15, 0.2) is 0 Å². The van der Waals surface area contributed by atoms with Crippen molar-refractivity contribution in [3.05, 3.63) is 12.3 Å². The highest BCUT2D eigenvalue weighted by atomic mass is 16.5. The topological polar surface area (TPSA) is 30.5 Å². The molecule has 1 aliphatic rings. The van der Waals surface area contributed by atoms with E-state index >= 15 is 0 Å². The number of hydrogen-bond donors (Lipinski definition) is 1. The Morgan fingerprint density at radius 3 is 3.27 bits per heavy atom. The summed E-state index contributed by atoms with van der Waals surface area (Å²) in [7, 11) is 1.65. The molecule has 3 nitrogen and oxygen atoms in total. The molecule has 64 valence electrons. The van der Waals surface area contributed by atoms with Crippen molar-refractivity contribution in [2.75, 3.05) is 26.8 Å². The molecule has 1 N–H and O–H groups in total. The van der Waals surface area contributed by atoms with Crippen LogP contribution < -0.4 is 5.32 Å². The molecule has 11 heavy (non-hydrogen) atoms. The summed E-state index contributed by atoms with van der Waals surface area (Å²) in [4.78, 5) is 0. The van der Waals surface area contributed by atoms with E-state index in [9.17, 15) is 0 Å². The fourth-order valence-electron chi connectivity index (χ4n) is 1.07. The minimum Gasteiger partial charge on any atom is -0.505 e. The molecule has 0 aliphatic carbocycles. The van der Waals surface area contributed by atoms with E-state index in [1.54, 1.807) is 13.4 Å². The van der Waals surface area contributed by atoms with Gasteiger partial charge in [-0.25, -0.2) is 0 Å². The first-order valence-electron chi connectivity index (χ1n) is 3.93. The zero-order chi connectivity index (χ0) is 7.94. The minimum absolute atomic E-state index is 0.329. The van der Waals surface area contributed by atoms with Gasteiger partial charge in [0.1, 0.15) is 0 Å². The molecule has 0 bridgehead atoms. The lowest BCUT2D eigenvalue weighted by Crippen LogP contribution is -2.38. The van der Waals surface area contributed by atoms with Crippen LogP contribution >= 0.6 is 0 Å². The van der Waals surface area contributed by atoms with Crippen LogP contribution in [0.15, 0.2) is 12.3 Å². The van der Waals surface area contributed by atoms with Crippen molar-refractivity contribution in [3.8, 4) is 0 Å². The Hall–Kier alpha value is -0.540. The lowest BCUT2D eigenvalue weighted by molar-refractivity contribution is 0.0306. The maximum absolute atomic E-state index is 5.46. The fourth-order valence-corrected chi connectivity index (χ4v) is 1.07. The normalized spacial score (nSPS) is 25.7. The predicted molar refractivity (Wildman–Crippen MR) is 43.4 cm³/mol. The van der Waals surface area contributed by atoms with Crippen molar-refractivity contribution in [2.45, 2.75) is 12.5 Å². The molecule has 1 heterocycles. The fraction of sp³-hybridized carbons (Fsp3) is 0.750. The second-order valence-corrected chi connectivity index (χ2v) is 2.54. The third-order valence-electron chi connectivity index (χ3n) is 1.64. The highest BCUT2D eigenvalue weighted by Crippen LogP contribution is 2.01. The van der Waals surface area contributed by atoms with Crippen molar-refractivity contribution in [1.82, 2.24) is 5.32 Å². The lowest BCUT2D eigenvalue weighted by atomic mass is 10.2. The number of ether oxygens (including phenoxy) is 2. The van der Waals surface area contributed by atoms with E-state index in [1.807, 2.05) is 6.08 Å². The molecule has 1 aliphatic heterocycles. The zero-order valence-electron chi connectivity index (χ0n) is 6.88. The van der Waals surface area contributed by atoms with E-state index in [-0.39, 0.29) is 0 Å². The van der Waals surface area contributed by atoms with Crippen molar-refractivity contribution in [1.29, 1.82) is 0 Å². The molecule has 0 amide bonds. The molecule has 1 saturated heterocycles. The van der Waals surface area contributed by atoms with Gasteiger partial charge in [-0.1, -0.05) is 0 Å². The monoisotopic (exact) mass is 157 g/mol. The second kappa shape index (κ2) is 5.16. The maximum atomic E-state index is 5.46. The van der Waals surface area contributed by atoms with E-state index in [4.69, 9.17) is 9.47 Å². The summed E-state index contributed by atoms with van der Waals surface area (Å²) in [6, 6.07) is 0. The first-order valence-corrected chi connectivity index (χ1v) is 3.93. The van der Waals surface area contributed by atoms with E-state index < -0.39 is 0 Å². The smallest absolute Gasteiger partial charge is 0.0785 e. The van der Waals surface area contributed by atoms with Crippen molar-refractivity contribution in [3.63, 3.8) is 0 Å². The quantitative estimate of drug-likeness (QED) is 0.606. The van der Waals surface area contributed by atoms with Crippen LogP contribution in [-0.2, 0) is 9.47 Å². The molecule has 3 heteroatoms. The van der Waals surface area contributed by atoms with Crippen LogP contribution in [0.4, 0.5) is 0 Å². The Bertz CT molecular complexity index is 119. The number of rotatable bonds is 3. The maximum Gasteiger partial charge on any atom is 0.0785 e. The van der Waals surface area contributed by atoms with Crippen LogP contribution in [0.2, 0.25) is 0 Å². The summed E-state index contributed by atoms with van der Waals surface area (Å²) in [5.41, 5.74) is 0. The standard InChI is InChI=1S/C8H15NO2/c1-10-5-2-3-8-7-9-4-6-11-8/h2,5,8-9H,3-4,6-7H2,1H3. The van der Waals surface area contributed by atoms with Crippen molar-refractivity contribution < 1.29 is 9.47 Å². The second-order valence-electron chi connectivity index (χ2n) is 2.54. The minimum atomic E-state index is 0.329. The summed E-state index contributed by atoms with van der Waals surface area (Å²) in [6.07, 6.45) is 4.94. The SMILES string of the molecule is COC=CCC1CNCCO1. The highest BCUT2D eigenvalue weighted by molar-refractivity contribution is 4.80. The molecular formula is C8H15NO2. The van der Waals surface area contributed by atoms with Crippen molar-refractivity contribution >= 4 is 0 Å². The van der Waals surface area contributed by atoms with Gasteiger partial charge in [0.05, 0.1) is 26.1 Å². The first-order chi connectivity index (χ1) is 5.43. The van der Waals surface area contributed by atoms with Gasteiger partial charge in [0.2, 0.25) is 0 Å². The Morgan fingerprint density at radius 2 is 2.64 bits per heavy atom. The molecule has 1 unspecified atom stereocenters.